The van der Waals surface area contributed by atoms with Gasteiger partial charge >= 0.3 is 0 Å². The quantitative estimate of drug-likeness (QED) is 0.859. The molecule has 5 nitrogen and oxygen atoms in total. The number of nitrogens with one attached hydrogen (secondary N) is 2. The second-order valence-corrected chi connectivity index (χ2v) is 5.48. The minimum atomic E-state index is -0.306. The SMILES string of the molecule is COCC(=O)Nc1ccc(NC(=O)c2ccc(Cl)cc2)c(Cl)c1. The van der Waals surface area contributed by atoms with Gasteiger partial charge in [0.25, 0.3) is 5.91 Å². The van der Waals surface area contributed by atoms with E-state index in [-0.39, 0.29) is 18.4 Å². The Bertz CT molecular complexity index is 718. The van der Waals surface area contributed by atoms with Gasteiger partial charge in [-0.3, -0.25) is 9.59 Å². The van der Waals surface area contributed by atoms with Gasteiger partial charge in [0.2, 0.25) is 5.91 Å². The van der Waals surface area contributed by atoms with Crippen molar-refractivity contribution in [3.05, 3.63) is 58.1 Å². The van der Waals surface area contributed by atoms with E-state index in [0.717, 1.165) is 0 Å². The third-order valence-electron chi connectivity index (χ3n) is 2.88. The zero-order chi connectivity index (χ0) is 16.8. The van der Waals surface area contributed by atoms with Crippen LogP contribution in [0, 0.1) is 0 Å². The monoisotopic (exact) mass is 352 g/mol. The highest BCUT2D eigenvalue weighted by atomic mass is 35.5. The van der Waals surface area contributed by atoms with Crippen LogP contribution in [0.2, 0.25) is 10.0 Å². The van der Waals surface area contributed by atoms with Crippen molar-refractivity contribution in [3.63, 3.8) is 0 Å². The molecule has 2 aromatic rings. The first kappa shape index (κ1) is 17.3. The summed E-state index contributed by atoms with van der Waals surface area (Å²) in [7, 11) is 1.43. The molecule has 0 radical (unpaired) electrons. The first-order valence-electron chi connectivity index (χ1n) is 6.65. The lowest BCUT2D eigenvalue weighted by Gasteiger charge is -2.10. The maximum absolute atomic E-state index is 12.1. The van der Waals surface area contributed by atoms with Crippen LogP contribution in [0.15, 0.2) is 42.5 Å². The molecule has 2 rings (SSSR count). The maximum Gasteiger partial charge on any atom is 0.255 e. The van der Waals surface area contributed by atoms with Gasteiger partial charge in [-0.1, -0.05) is 23.2 Å². The maximum atomic E-state index is 12.1. The van der Waals surface area contributed by atoms with Gasteiger partial charge in [0.15, 0.2) is 0 Å². The van der Waals surface area contributed by atoms with Crippen LogP contribution in [0.4, 0.5) is 11.4 Å². The van der Waals surface area contributed by atoms with E-state index in [1.54, 1.807) is 42.5 Å². The van der Waals surface area contributed by atoms with Crippen molar-refractivity contribution in [2.45, 2.75) is 0 Å². The summed E-state index contributed by atoms with van der Waals surface area (Å²) in [6, 6.07) is 11.3. The summed E-state index contributed by atoms with van der Waals surface area (Å²) in [6.07, 6.45) is 0. The van der Waals surface area contributed by atoms with Crippen LogP contribution in [-0.4, -0.2) is 25.5 Å². The highest BCUT2D eigenvalue weighted by Gasteiger charge is 2.10. The van der Waals surface area contributed by atoms with Gasteiger partial charge in [-0.2, -0.15) is 0 Å². The number of carbonyl (C=O) groups is 2. The molecule has 0 aromatic heterocycles. The molecule has 0 aliphatic carbocycles. The van der Waals surface area contributed by atoms with Crippen molar-refractivity contribution in [1.82, 2.24) is 0 Å². The Balaban J connectivity index is 2.07. The molecule has 0 atom stereocenters. The molecular formula is C16H14Cl2N2O3. The Morgan fingerprint density at radius 1 is 1.04 bits per heavy atom. The predicted molar refractivity (Wildman–Crippen MR) is 91.4 cm³/mol. The van der Waals surface area contributed by atoms with Crippen molar-refractivity contribution in [3.8, 4) is 0 Å². The molecule has 0 aliphatic rings. The second-order valence-electron chi connectivity index (χ2n) is 4.64. The minimum absolute atomic E-state index is 0.0489. The Morgan fingerprint density at radius 3 is 2.35 bits per heavy atom. The van der Waals surface area contributed by atoms with E-state index in [0.29, 0.717) is 27.0 Å². The van der Waals surface area contributed by atoms with Crippen molar-refractivity contribution < 1.29 is 14.3 Å². The van der Waals surface area contributed by atoms with Gasteiger partial charge in [0.05, 0.1) is 10.7 Å². The third-order valence-corrected chi connectivity index (χ3v) is 3.45. The summed E-state index contributed by atoms with van der Waals surface area (Å²) in [5.74, 6) is -0.596. The Labute approximate surface area is 143 Å². The Kier molecular flexibility index (Phi) is 5.98. The van der Waals surface area contributed by atoms with Crippen LogP contribution < -0.4 is 10.6 Å². The number of halogens is 2. The van der Waals surface area contributed by atoms with Gasteiger partial charge in [0.1, 0.15) is 6.61 Å². The van der Waals surface area contributed by atoms with E-state index >= 15 is 0 Å². The number of ether oxygens (including phenoxy) is 1. The molecule has 0 aliphatic heterocycles. The highest BCUT2D eigenvalue weighted by molar-refractivity contribution is 6.34. The molecule has 0 bridgehead atoms. The zero-order valence-corrected chi connectivity index (χ0v) is 13.7. The average molecular weight is 353 g/mol. The normalized spacial score (nSPS) is 10.2. The summed E-state index contributed by atoms with van der Waals surface area (Å²) in [5.41, 5.74) is 1.42. The summed E-state index contributed by atoms with van der Waals surface area (Å²) in [5, 5.41) is 6.19. The van der Waals surface area contributed by atoms with E-state index in [9.17, 15) is 9.59 Å². The largest absolute Gasteiger partial charge is 0.375 e. The number of rotatable bonds is 5. The topological polar surface area (TPSA) is 67.4 Å². The molecule has 2 aromatic carbocycles. The summed E-state index contributed by atoms with van der Waals surface area (Å²) in [6.45, 7) is -0.0489. The van der Waals surface area contributed by atoms with E-state index in [1.807, 2.05) is 0 Å². The lowest BCUT2D eigenvalue weighted by atomic mass is 10.2. The highest BCUT2D eigenvalue weighted by Crippen LogP contribution is 2.26. The van der Waals surface area contributed by atoms with Gasteiger partial charge in [0, 0.05) is 23.4 Å². The minimum Gasteiger partial charge on any atom is -0.375 e. The second kappa shape index (κ2) is 7.97. The molecule has 7 heteroatoms. The standard InChI is InChI=1S/C16H14Cl2N2O3/c1-23-9-15(21)19-12-6-7-14(13(18)8-12)20-16(22)10-2-4-11(17)5-3-10/h2-8H,9H2,1H3,(H,19,21)(H,20,22). The number of benzene rings is 2. The van der Waals surface area contributed by atoms with Crippen LogP contribution in [0.1, 0.15) is 10.4 Å². The summed E-state index contributed by atoms with van der Waals surface area (Å²) < 4.78 is 4.73. The molecule has 2 amide bonds. The first-order chi connectivity index (χ1) is 11.0. The number of methoxy groups -OCH3 is 1. The fourth-order valence-electron chi connectivity index (χ4n) is 1.82. The molecule has 120 valence electrons. The number of amides is 2. The predicted octanol–water partition coefficient (Wildman–Crippen LogP) is 3.83. The number of anilines is 2. The number of hydrogen-bond donors (Lipinski definition) is 2. The molecule has 0 fully saturated rings. The lowest BCUT2D eigenvalue weighted by molar-refractivity contribution is -0.119. The fraction of sp³-hybridized carbons (Fsp3) is 0.125. The van der Waals surface area contributed by atoms with E-state index in [1.165, 1.54) is 7.11 Å². The van der Waals surface area contributed by atoms with Gasteiger partial charge in [-0.15, -0.1) is 0 Å². The van der Waals surface area contributed by atoms with Crippen LogP contribution in [0.25, 0.3) is 0 Å². The first-order valence-corrected chi connectivity index (χ1v) is 7.40. The number of hydrogen-bond acceptors (Lipinski definition) is 3. The van der Waals surface area contributed by atoms with Gasteiger partial charge in [-0.25, -0.2) is 0 Å². The fourth-order valence-corrected chi connectivity index (χ4v) is 2.17. The van der Waals surface area contributed by atoms with Gasteiger partial charge < -0.3 is 15.4 Å². The van der Waals surface area contributed by atoms with Crippen molar-refractivity contribution in [2.75, 3.05) is 24.4 Å². The van der Waals surface area contributed by atoms with Crippen molar-refractivity contribution in [1.29, 1.82) is 0 Å². The van der Waals surface area contributed by atoms with E-state index < -0.39 is 0 Å². The molecule has 0 saturated carbocycles. The van der Waals surface area contributed by atoms with E-state index in [2.05, 4.69) is 10.6 Å². The summed E-state index contributed by atoms with van der Waals surface area (Å²) in [4.78, 5) is 23.6. The molecule has 2 N–H and O–H groups in total. The molecule has 0 heterocycles. The lowest BCUT2D eigenvalue weighted by Crippen LogP contribution is -2.17. The third kappa shape index (κ3) is 4.96. The molecular weight excluding hydrogens is 339 g/mol. The van der Waals surface area contributed by atoms with Crippen LogP contribution in [0.3, 0.4) is 0 Å². The molecule has 0 unspecified atom stereocenters. The smallest absolute Gasteiger partial charge is 0.255 e. The molecule has 0 spiro atoms. The molecule has 0 saturated heterocycles. The summed E-state index contributed by atoms with van der Waals surface area (Å²) >= 11 is 11.9. The zero-order valence-electron chi connectivity index (χ0n) is 12.2. The molecule has 23 heavy (non-hydrogen) atoms. The van der Waals surface area contributed by atoms with Crippen LogP contribution >= 0.6 is 23.2 Å². The Morgan fingerprint density at radius 2 is 1.74 bits per heavy atom. The van der Waals surface area contributed by atoms with Crippen LogP contribution in [0.5, 0.6) is 0 Å². The van der Waals surface area contributed by atoms with Crippen LogP contribution in [-0.2, 0) is 9.53 Å². The van der Waals surface area contributed by atoms with Crippen molar-refractivity contribution >= 4 is 46.4 Å². The van der Waals surface area contributed by atoms with Crippen molar-refractivity contribution in [2.24, 2.45) is 0 Å². The number of carbonyl (C=O) groups excluding carboxylic acids is 2. The van der Waals surface area contributed by atoms with Gasteiger partial charge in [-0.05, 0) is 42.5 Å². The Hall–Kier alpha value is -2.08. The van der Waals surface area contributed by atoms with E-state index in [4.69, 9.17) is 27.9 Å². The average Bonchev–Trinajstić information content (AvgIpc) is 2.51.